The van der Waals surface area contributed by atoms with Gasteiger partial charge in [-0.05, 0) is 0 Å². The summed E-state index contributed by atoms with van der Waals surface area (Å²) in [4.78, 5) is 0.286. The van der Waals surface area contributed by atoms with Crippen molar-refractivity contribution < 1.29 is 4.86 Å². The molecule has 0 bridgehead atoms. The van der Waals surface area contributed by atoms with E-state index < -0.39 is 0 Å². The molecule has 46 valence electrons. The topological polar surface area (TPSA) is 75.5 Å². The van der Waals surface area contributed by atoms with Crippen molar-refractivity contribution in [2.75, 3.05) is 0 Å². The van der Waals surface area contributed by atoms with Crippen molar-refractivity contribution in [3.63, 3.8) is 0 Å². The van der Waals surface area contributed by atoms with Crippen LogP contribution in [0.4, 0.5) is 0 Å². The molecule has 0 fully saturated rings. The molecule has 0 aromatic rings. The van der Waals surface area contributed by atoms with Gasteiger partial charge in [0.2, 0.25) is 5.22 Å². The Kier molecular flexibility index (Phi) is 1.63. The van der Waals surface area contributed by atoms with Gasteiger partial charge in [-0.3, -0.25) is 0 Å². The summed E-state index contributed by atoms with van der Waals surface area (Å²) < 4.78 is 0. The second-order valence-electron chi connectivity index (χ2n) is 1.18. The zero-order chi connectivity index (χ0) is 6.53. The number of hydrogen-bond acceptors (Lipinski definition) is 5. The summed E-state index contributed by atoms with van der Waals surface area (Å²) in [6.07, 6.45) is 3.92. The molecule has 9 heavy (non-hydrogen) atoms. The lowest BCUT2D eigenvalue weighted by Crippen LogP contribution is -1.86. The van der Waals surface area contributed by atoms with Crippen LogP contribution in [-0.4, -0.2) is 11.1 Å². The van der Waals surface area contributed by atoms with Gasteiger partial charge < -0.3 is 5.21 Å². The average Bonchev–Trinajstić information content (AvgIpc) is 1.79. The molecule has 0 unspecified atom stereocenters. The fraction of sp³-hybridized carbons (Fsp3) is 0. The van der Waals surface area contributed by atoms with Crippen LogP contribution in [0.25, 0.3) is 0 Å². The fourth-order valence-corrected chi connectivity index (χ4v) is 0.291. The van der Waals surface area contributed by atoms with Crippen LogP contribution in [0.1, 0.15) is 0 Å². The van der Waals surface area contributed by atoms with E-state index in [0.29, 0.717) is 0 Å². The zero-order valence-corrected chi connectivity index (χ0v) is 4.38. The minimum Gasteiger partial charge on any atom is -0.691 e. The molecule has 0 aromatic heterocycles. The molecule has 1 aliphatic rings. The lowest BCUT2D eigenvalue weighted by molar-refractivity contribution is -0.460. The van der Waals surface area contributed by atoms with E-state index in [4.69, 9.17) is 0 Å². The number of nitrogens with zero attached hydrogens (tertiary/aromatic N) is 5. The zero-order valence-electron chi connectivity index (χ0n) is 4.38. The van der Waals surface area contributed by atoms with Crippen LogP contribution >= 0.6 is 0 Å². The predicted molar refractivity (Wildman–Crippen MR) is 28.5 cm³/mol. The first-order valence-corrected chi connectivity index (χ1v) is 2.17. The van der Waals surface area contributed by atoms with Gasteiger partial charge >= 0.3 is 0 Å². The van der Waals surface area contributed by atoms with Crippen LogP contribution < -0.4 is 0 Å². The van der Waals surface area contributed by atoms with Gasteiger partial charge in [-0.2, -0.15) is 0 Å². The van der Waals surface area contributed by atoms with Crippen molar-refractivity contribution in [2.45, 2.75) is 0 Å². The number of hydroxylamine groups is 1. The van der Waals surface area contributed by atoms with Gasteiger partial charge in [0.15, 0.2) is 5.22 Å². The molecule has 0 aliphatic carbocycles. The summed E-state index contributed by atoms with van der Waals surface area (Å²) >= 11 is 0. The van der Waals surface area contributed by atoms with E-state index in [-0.39, 0.29) is 4.86 Å². The number of hydrogen-bond donors (Lipinski definition) is 0. The lowest BCUT2D eigenvalue weighted by atomic mass is 10.7. The highest BCUT2D eigenvalue weighted by Crippen LogP contribution is 1.85. The molecule has 0 aromatic carbocycles. The molecule has 0 amide bonds. The second-order valence-corrected chi connectivity index (χ2v) is 1.18. The number of rotatable bonds is 0. The maximum absolute atomic E-state index is 10.3. The van der Waals surface area contributed by atoms with E-state index in [1.165, 1.54) is 18.5 Å². The third kappa shape index (κ3) is 1.76. The summed E-state index contributed by atoms with van der Waals surface area (Å²) in [5.41, 5.74) is 0. The first-order chi connectivity index (χ1) is 4.39. The molecular formula is C3H3N5O. The Morgan fingerprint density at radius 1 is 1.33 bits per heavy atom. The van der Waals surface area contributed by atoms with Gasteiger partial charge in [0.05, 0.1) is 6.21 Å². The molecule has 1 aliphatic heterocycles. The molecule has 1 heterocycles. The van der Waals surface area contributed by atoms with Crippen molar-refractivity contribution in [3.8, 4) is 0 Å². The lowest BCUT2D eigenvalue weighted by Gasteiger charge is -1.91. The molecule has 0 saturated carbocycles. The van der Waals surface area contributed by atoms with Crippen molar-refractivity contribution in [1.29, 1.82) is 0 Å². The SMILES string of the molecule is [O-][N+]1=N/N=N\N=C/C=C\1. The quantitative estimate of drug-likeness (QED) is 0.349. The minimum atomic E-state index is 0.286. The van der Waals surface area contributed by atoms with Gasteiger partial charge in [0, 0.05) is 6.08 Å². The molecule has 0 N–H and O–H groups in total. The molecule has 0 saturated heterocycles. The number of allylic oxidation sites excluding steroid dienone is 1. The Bertz CT molecular complexity index is 202. The Labute approximate surface area is 50.5 Å². The van der Waals surface area contributed by atoms with Crippen molar-refractivity contribution in [1.82, 2.24) is 0 Å². The molecule has 0 atom stereocenters. The van der Waals surface area contributed by atoms with Gasteiger partial charge in [-0.15, -0.1) is 9.96 Å². The van der Waals surface area contributed by atoms with E-state index in [9.17, 15) is 5.21 Å². The first kappa shape index (κ1) is 5.54. The van der Waals surface area contributed by atoms with Crippen molar-refractivity contribution in [2.24, 2.45) is 20.8 Å². The van der Waals surface area contributed by atoms with E-state index in [0.717, 1.165) is 0 Å². The van der Waals surface area contributed by atoms with Crippen LogP contribution in [0.5, 0.6) is 0 Å². The Balaban J connectivity index is 2.77. The van der Waals surface area contributed by atoms with E-state index in [1.54, 1.807) is 0 Å². The predicted octanol–water partition coefficient (Wildman–Crippen LogP) is 0.829. The summed E-state index contributed by atoms with van der Waals surface area (Å²) in [7, 11) is 0. The van der Waals surface area contributed by atoms with Gasteiger partial charge in [0.1, 0.15) is 11.4 Å². The Hall–Kier alpha value is -1.59. The van der Waals surface area contributed by atoms with Gasteiger partial charge in [0.25, 0.3) is 0 Å². The molecule has 6 heteroatoms. The van der Waals surface area contributed by atoms with Crippen LogP contribution in [0.15, 0.2) is 33.0 Å². The summed E-state index contributed by atoms with van der Waals surface area (Å²) in [6, 6.07) is 0. The van der Waals surface area contributed by atoms with Crippen LogP contribution in [0, 0.1) is 5.21 Å². The summed E-state index contributed by atoms with van der Waals surface area (Å²) in [5.74, 6) is 0. The third-order valence-electron chi connectivity index (χ3n) is 0.586. The Morgan fingerprint density at radius 3 is 3.11 bits per heavy atom. The van der Waals surface area contributed by atoms with E-state index in [2.05, 4.69) is 20.8 Å². The molecule has 0 spiro atoms. The Morgan fingerprint density at radius 2 is 2.22 bits per heavy atom. The van der Waals surface area contributed by atoms with E-state index in [1.807, 2.05) is 0 Å². The molecular weight excluding hydrogens is 122 g/mol. The van der Waals surface area contributed by atoms with Gasteiger partial charge in [-0.25, -0.2) is 0 Å². The summed E-state index contributed by atoms with van der Waals surface area (Å²) in [5, 5.41) is 22.8. The maximum Gasteiger partial charge on any atom is 0.225 e. The van der Waals surface area contributed by atoms with E-state index >= 15 is 0 Å². The molecule has 0 radical (unpaired) electrons. The first-order valence-electron chi connectivity index (χ1n) is 2.17. The van der Waals surface area contributed by atoms with Crippen LogP contribution in [0.3, 0.4) is 0 Å². The van der Waals surface area contributed by atoms with Crippen LogP contribution in [-0.2, 0) is 0 Å². The maximum atomic E-state index is 10.3. The highest BCUT2D eigenvalue weighted by atomic mass is 16.5. The standard InChI is InChI=1S/C3H3N5O/c9-8-3-1-2-4-5-6-7-8/h1-3H/b2-1?,3-1-,4-2-,5-4?,6-5-,7-6?. The molecule has 1 rings (SSSR count). The minimum absolute atomic E-state index is 0.286. The fourth-order valence-electron chi connectivity index (χ4n) is 0.291. The largest absolute Gasteiger partial charge is 0.691 e. The van der Waals surface area contributed by atoms with Crippen LogP contribution in [0.2, 0.25) is 0 Å². The normalized spacial score (nSPS) is 33.1. The smallest absolute Gasteiger partial charge is 0.225 e. The molecule has 6 nitrogen and oxygen atoms in total. The highest BCUT2D eigenvalue weighted by molar-refractivity contribution is 5.70. The second kappa shape index (κ2) is 2.65. The summed E-state index contributed by atoms with van der Waals surface area (Å²) in [6.45, 7) is 0. The van der Waals surface area contributed by atoms with Crippen molar-refractivity contribution in [3.05, 3.63) is 17.5 Å². The highest BCUT2D eigenvalue weighted by Gasteiger charge is 1.84. The van der Waals surface area contributed by atoms with Crippen molar-refractivity contribution >= 4 is 6.21 Å². The van der Waals surface area contributed by atoms with Gasteiger partial charge in [-0.1, -0.05) is 0 Å². The average molecular weight is 125 g/mol. The monoisotopic (exact) mass is 125 g/mol. The third-order valence-corrected chi connectivity index (χ3v) is 0.586.